The summed E-state index contributed by atoms with van der Waals surface area (Å²) in [6.45, 7) is 11.8. The Bertz CT molecular complexity index is 3050. The molecule has 0 saturated carbocycles. The zero-order chi connectivity index (χ0) is 39.8. The van der Waals surface area contributed by atoms with Crippen LogP contribution in [0.5, 0.6) is 0 Å². The Morgan fingerprint density at radius 3 is 2.17 bits per heavy atom. The molecule has 1 radical (unpaired) electrons. The van der Waals surface area contributed by atoms with Crippen molar-refractivity contribution in [3.63, 3.8) is 0 Å². The number of fused-ring (bicyclic) bond motifs is 5. The smallest absolute Gasteiger partial charge is 0.120 e. The molecule has 0 unspecified atom stereocenters. The van der Waals surface area contributed by atoms with Gasteiger partial charge in [0.1, 0.15) is 5.58 Å². The number of hydrogen-bond acceptors (Lipinski definition) is 3. The Labute approximate surface area is 361 Å². The maximum Gasteiger partial charge on any atom is 0.120 e. The second-order valence-corrected chi connectivity index (χ2v) is 21.5. The van der Waals surface area contributed by atoms with Crippen molar-refractivity contribution in [2.45, 2.75) is 39.9 Å². The fourth-order valence-corrected chi connectivity index (χ4v) is 9.54. The average molecular weight is 960 g/mol. The molecular formula is C53H45IrN3OSi-2. The number of rotatable bonds is 7. The minimum absolute atomic E-state index is 0. The van der Waals surface area contributed by atoms with Crippen LogP contribution >= 0.6 is 0 Å². The second kappa shape index (κ2) is 16.7. The van der Waals surface area contributed by atoms with E-state index in [2.05, 4.69) is 166 Å². The molecule has 10 aromatic rings. The van der Waals surface area contributed by atoms with E-state index in [9.17, 15) is 0 Å². The van der Waals surface area contributed by atoms with Crippen LogP contribution in [0.15, 0.2) is 168 Å². The summed E-state index contributed by atoms with van der Waals surface area (Å²) >= 11 is 0. The quantitative estimate of drug-likeness (QED) is 0.118. The molecule has 0 amide bonds. The van der Waals surface area contributed by atoms with Crippen molar-refractivity contribution >= 4 is 57.0 Å². The summed E-state index contributed by atoms with van der Waals surface area (Å²) in [4.78, 5) is 9.83. The number of imidazole rings is 1. The van der Waals surface area contributed by atoms with E-state index >= 15 is 0 Å². The van der Waals surface area contributed by atoms with Crippen LogP contribution in [0.25, 0.3) is 83.2 Å². The Balaban J connectivity index is 0.000000172. The topological polar surface area (TPSA) is 43.9 Å². The second-order valence-electron chi connectivity index (χ2n) is 16.4. The van der Waals surface area contributed by atoms with Gasteiger partial charge >= 0.3 is 0 Å². The van der Waals surface area contributed by atoms with E-state index in [1.54, 1.807) is 0 Å². The van der Waals surface area contributed by atoms with Gasteiger partial charge in [0.15, 0.2) is 0 Å². The molecule has 0 spiro atoms. The van der Waals surface area contributed by atoms with Gasteiger partial charge in [-0.05, 0) is 64.7 Å². The minimum Gasteiger partial charge on any atom is -0.501 e. The van der Waals surface area contributed by atoms with E-state index in [0.29, 0.717) is 5.92 Å². The molecule has 59 heavy (non-hydrogen) atoms. The van der Waals surface area contributed by atoms with Crippen molar-refractivity contribution in [3.8, 4) is 39.5 Å². The zero-order valence-corrected chi connectivity index (χ0v) is 37.4. The summed E-state index contributed by atoms with van der Waals surface area (Å²) in [7, 11) is -1.38. The molecule has 0 aliphatic rings. The summed E-state index contributed by atoms with van der Waals surface area (Å²) in [5.41, 5.74) is 11.5. The average Bonchev–Trinajstić information content (AvgIpc) is 3.83. The first-order chi connectivity index (χ1) is 28.2. The van der Waals surface area contributed by atoms with Crippen molar-refractivity contribution in [1.29, 1.82) is 0 Å². The molecule has 0 fully saturated rings. The van der Waals surface area contributed by atoms with Gasteiger partial charge in [-0.3, -0.25) is 4.98 Å². The molecule has 3 aromatic heterocycles. The Hall–Kier alpha value is -5.91. The fourth-order valence-electron chi connectivity index (χ4n) is 7.95. The van der Waals surface area contributed by atoms with E-state index in [1.807, 2.05) is 48.5 Å². The van der Waals surface area contributed by atoms with Gasteiger partial charge in [0, 0.05) is 37.4 Å². The van der Waals surface area contributed by atoms with E-state index in [4.69, 9.17) is 14.4 Å². The van der Waals surface area contributed by atoms with Crippen molar-refractivity contribution in [2.24, 2.45) is 5.92 Å². The van der Waals surface area contributed by atoms with Crippen LogP contribution in [0.1, 0.15) is 19.4 Å². The van der Waals surface area contributed by atoms with Gasteiger partial charge in [-0.1, -0.05) is 159 Å². The third kappa shape index (κ3) is 8.09. The first-order valence-corrected chi connectivity index (χ1v) is 23.6. The van der Waals surface area contributed by atoms with Gasteiger partial charge in [-0.15, -0.1) is 47.3 Å². The van der Waals surface area contributed by atoms with Crippen LogP contribution in [0.2, 0.25) is 19.6 Å². The first-order valence-electron chi connectivity index (χ1n) is 20.1. The minimum atomic E-state index is -1.38. The molecule has 4 nitrogen and oxygen atoms in total. The van der Waals surface area contributed by atoms with Gasteiger partial charge in [0.25, 0.3) is 0 Å². The predicted octanol–water partition coefficient (Wildman–Crippen LogP) is 13.5. The van der Waals surface area contributed by atoms with Crippen LogP contribution in [-0.4, -0.2) is 22.6 Å². The molecule has 10 rings (SSSR count). The normalized spacial score (nSPS) is 11.6. The Kier molecular flexibility index (Phi) is 11.3. The van der Waals surface area contributed by atoms with Crippen molar-refractivity contribution in [1.82, 2.24) is 14.5 Å². The van der Waals surface area contributed by atoms with Gasteiger partial charge in [0.05, 0.1) is 30.5 Å². The maximum absolute atomic E-state index is 6.32. The zero-order valence-electron chi connectivity index (χ0n) is 34.0. The van der Waals surface area contributed by atoms with Crippen LogP contribution in [0.3, 0.4) is 0 Å². The molecule has 0 bridgehead atoms. The van der Waals surface area contributed by atoms with E-state index in [1.165, 1.54) is 32.6 Å². The van der Waals surface area contributed by atoms with Crippen LogP contribution in [-0.2, 0) is 26.5 Å². The molecule has 7 aromatic carbocycles. The first kappa shape index (κ1) is 39.9. The summed E-state index contributed by atoms with van der Waals surface area (Å²) < 4.78 is 8.51. The van der Waals surface area contributed by atoms with Gasteiger partial charge in [-0.2, -0.15) is 0 Å². The third-order valence-electron chi connectivity index (χ3n) is 10.7. The number of hydrogen-bond donors (Lipinski definition) is 0. The maximum atomic E-state index is 6.32. The third-order valence-corrected chi connectivity index (χ3v) is 12.8. The molecule has 0 atom stereocenters. The van der Waals surface area contributed by atoms with Gasteiger partial charge in [-0.25, -0.2) is 0 Å². The SMILES string of the molecule is CC(C)Cc1cc(-c2[c-]cc3ccccc3c2)ncc1[Si](C)(C)C.[Ir].[c-]1ccc2c(oc3ccccc32)c1-c1nc2ccccc2n1-c1ccc(-c2ccccc2)cc1. The molecule has 0 N–H and O–H groups in total. The fraction of sp³-hybridized carbons (Fsp3) is 0.132. The molecule has 0 saturated heterocycles. The Morgan fingerprint density at radius 2 is 1.39 bits per heavy atom. The number of pyridine rings is 1. The molecule has 0 aliphatic heterocycles. The summed E-state index contributed by atoms with van der Waals surface area (Å²) in [6, 6.07) is 61.3. The van der Waals surface area contributed by atoms with E-state index in [0.717, 1.165) is 67.7 Å². The summed E-state index contributed by atoms with van der Waals surface area (Å²) in [5, 5.41) is 6.13. The molecule has 6 heteroatoms. The Morgan fingerprint density at radius 1 is 0.695 bits per heavy atom. The standard InChI is InChI=1S/C31H19N2O.C22H26NSi.Ir/c1-2-9-21(10-3-1)22-17-19-23(20-18-22)33-28-15-6-5-14-27(28)32-31(33)26-13-8-12-25-24-11-4-7-16-29(24)34-30(25)26;1-16(2)12-20-14-21(23-15-22(20)24(3,4)5)19-11-10-17-8-6-7-9-18(17)13-19;/h1-12,14-20H;6-10,13-16H,12H2,1-5H3;/q2*-1;. The molecule has 3 heterocycles. The number of aromatic nitrogens is 3. The van der Waals surface area contributed by atoms with Gasteiger partial charge in [0.2, 0.25) is 0 Å². The molecular weight excluding hydrogens is 915 g/mol. The molecule has 293 valence electrons. The largest absolute Gasteiger partial charge is 0.501 e. The monoisotopic (exact) mass is 960 g/mol. The van der Waals surface area contributed by atoms with Crippen molar-refractivity contribution in [2.75, 3.05) is 0 Å². The predicted molar refractivity (Wildman–Crippen MR) is 246 cm³/mol. The number of benzene rings is 7. The van der Waals surface area contributed by atoms with Crippen LogP contribution in [0.4, 0.5) is 0 Å². The summed E-state index contributed by atoms with van der Waals surface area (Å²) in [6.07, 6.45) is 3.24. The number of nitrogens with zero attached hydrogens (tertiary/aromatic N) is 3. The van der Waals surface area contributed by atoms with Crippen LogP contribution < -0.4 is 5.19 Å². The molecule has 0 aliphatic carbocycles. The van der Waals surface area contributed by atoms with Crippen molar-refractivity contribution in [3.05, 3.63) is 182 Å². The van der Waals surface area contributed by atoms with Crippen molar-refractivity contribution < 1.29 is 24.5 Å². The van der Waals surface area contributed by atoms with E-state index < -0.39 is 8.07 Å². The number of para-hydroxylation sites is 3. The van der Waals surface area contributed by atoms with Gasteiger partial charge < -0.3 is 14.0 Å². The number of furan rings is 1. The van der Waals surface area contributed by atoms with E-state index in [-0.39, 0.29) is 20.1 Å². The summed E-state index contributed by atoms with van der Waals surface area (Å²) in [5.74, 6) is 1.47. The van der Waals surface area contributed by atoms with Crippen LogP contribution in [0, 0.1) is 18.1 Å².